The van der Waals surface area contributed by atoms with Gasteiger partial charge in [-0.05, 0) is 0 Å². The highest BCUT2D eigenvalue weighted by Crippen LogP contribution is 2.17. The third-order valence-corrected chi connectivity index (χ3v) is 3.38. The molecule has 1 aromatic heterocycles. The highest BCUT2D eigenvalue weighted by Gasteiger charge is 2.29. The van der Waals surface area contributed by atoms with Crippen LogP contribution in [0.2, 0.25) is 0 Å². The molecule has 8 nitrogen and oxygen atoms in total. The number of thioether (sulfide) groups is 1. The van der Waals surface area contributed by atoms with Gasteiger partial charge in [0.2, 0.25) is 5.91 Å². The number of carbonyl (C=O) groups excluding carboxylic acids is 3. The van der Waals surface area contributed by atoms with Crippen LogP contribution in [-0.2, 0) is 11.8 Å². The molecule has 0 aromatic carbocycles. The average Bonchev–Trinajstić information content (AvgIpc) is 2.90. The van der Waals surface area contributed by atoms with Gasteiger partial charge in [0.25, 0.3) is 5.24 Å². The van der Waals surface area contributed by atoms with E-state index in [1.807, 2.05) is 0 Å². The zero-order valence-electron chi connectivity index (χ0n) is 10.3. The van der Waals surface area contributed by atoms with Gasteiger partial charge in [0.1, 0.15) is 5.82 Å². The minimum absolute atomic E-state index is 0.181. The second-order valence-corrected chi connectivity index (χ2v) is 4.75. The van der Waals surface area contributed by atoms with Crippen molar-refractivity contribution in [1.29, 1.82) is 0 Å². The Morgan fingerprint density at radius 3 is 2.89 bits per heavy atom. The molecule has 102 valence electrons. The van der Waals surface area contributed by atoms with Crippen LogP contribution in [-0.4, -0.2) is 50.7 Å². The van der Waals surface area contributed by atoms with Crippen LogP contribution in [0.4, 0.5) is 15.4 Å². The van der Waals surface area contributed by atoms with Crippen molar-refractivity contribution in [3.63, 3.8) is 0 Å². The first-order valence-electron chi connectivity index (χ1n) is 5.58. The fourth-order valence-electron chi connectivity index (χ4n) is 1.54. The number of imide groups is 1. The van der Waals surface area contributed by atoms with Crippen molar-refractivity contribution in [3.8, 4) is 0 Å². The van der Waals surface area contributed by atoms with E-state index < -0.39 is 6.03 Å². The summed E-state index contributed by atoms with van der Waals surface area (Å²) in [6.45, 7) is 0.394. The van der Waals surface area contributed by atoms with Gasteiger partial charge in [-0.2, -0.15) is 5.10 Å². The van der Waals surface area contributed by atoms with Crippen LogP contribution in [0, 0.1) is 0 Å². The van der Waals surface area contributed by atoms with Crippen LogP contribution in [0.3, 0.4) is 0 Å². The summed E-state index contributed by atoms with van der Waals surface area (Å²) in [5, 5.41) is 8.81. The minimum atomic E-state index is -0.407. The molecule has 0 radical (unpaired) electrons. The molecule has 0 bridgehead atoms. The van der Waals surface area contributed by atoms with E-state index in [2.05, 4.69) is 15.7 Å². The van der Waals surface area contributed by atoms with Crippen LogP contribution in [0.5, 0.6) is 0 Å². The SMILES string of the molecule is Cn1nccc1NC(=O)NCCN1C(=O)CSC1=O. The van der Waals surface area contributed by atoms with Crippen LogP contribution in [0.25, 0.3) is 0 Å². The van der Waals surface area contributed by atoms with Crippen molar-refractivity contribution in [3.05, 3.63) is 12.3 Å². The minimum Gasteiger partial charge on any atom is -0.336 e. The second kappa shape index (κ2) is 5.74. The standard InChI is InChI=1S/C10H13N5O3S/c1-14-7(2-3-12-14)13-9(17)11-4-5-15-8(16)6-19-10(15)18/h2-3H,4-6H2,1H3,(H2,11,13,17). The lowest BCUT2D eigenvalue weighted by Gasteiger charge is -2.13. The van der Waals surface area contributed by atoms with Crippen LogP contribution >= 0.6 is 11.8 Å². The van der Waals surface area contributed by atoms with Crippen LogP contribution in [0.15, 0.2) is 12.3 Å². The third-order valence-electron chi connectivity index (χ3n) is 2.52. The molecule has 1 aromatic rings. The molecule has 2 N–H and O–H groups in total. The first-order chi connectivity index (χ1) is 9.08. The molecule has 2 rings (SSSR count). The van der Waals surface area contributed by atoms with Crippen molar-refractivity contribution in [1.82, 2.24) is 20.0 Å². The van der Waals surface area contributed by atoms with E-state index in [4.69, 9.17) is 0 Å². The first kappa shape index (κ1) is 13.4. The number of hydrogen-bond acceptors (Lipinski definition) is 5. The van der Waals surface area contributed by atoms with E-state index in [1.54, 1.807) is 19.3 Å². The number of carbonyl (C=O) groups is 3. The van der Waals surface area contributed by atoms with Gasteiger partial charge >= 0.3 is 6.03 Å². The number of amides is 4. The predicted molar refractivity (Wildman–Crippen MR) is 69.8 cm³/mol. The van der Waals surface area contributed by atoms with Gasteiger partial charge < -0.3 is 5.32 Å². The fraction of sp³-hybridized carbons (Fsp3) is 0.400. The maximum Gasteiger partial charge on any atom is 0.320 e. The topological polar surface area (TPSA) is 96.3 Å². The number of nitrogens with one attached hydrogen (secondary N) is 2. The highest BCUT2D eigenvalue weighted by atomic mass is 32.2. The van der Waals surface area contributed by atoms with Gasteiger partial charge in [0, 0.05) is 26.2 Å². The van der Waals surface area contributed by atoms with Gasteiger partial charge in [-0.3, -0.25) is 24.5 Å². The quantitative estimate of drug-likeness (QED) is 0.825. The van der Waals surface area contributed by atoms with E-state index in [0.29, 0.717) is 5.82 Å². The smallest absolute Gasteiger partial charge is 0.320 e. The van der Waals surface area contributed by atoms with Gasteiger partial charge in [-0.25, -0.2) is 4.79 Å². The van der Waals surface area contributed by atoms with E-state index in [0.717, 1.165) is 16.7 Å². The summed E-state index contributed by atoms with van der Waals surface area (Å²) in [4.78, 5) is 35.3. The third kappa shape index (κ3) is 3.25. The molecular formula is C10H13N5O3S. The summed E-state index contributed by atoms with van der Waals surface area (Å²) in [6.07, 6.45) is 1.56. The van der Waals surface area contributed by atoms with Crippen molar-refractivity contribution >= 4 is 34.8 Å². The highest BCUT2D eigenvalue weighted by molar-refractivity contribution is 8.14. The molecule has 0 atom stereocenters. The summed E-state index contributed by atoms with van der Waals surface area (Å²) in [5.74, 6) is 0.519. The van der Waals surface area contributed by atoms with Crippen molar-refractivity contribution in [2.75, 3.05) is 24.2 Å². The molecule has 1 aliphatic rings. The average molecular weight is 283 g/mol. The molecule has 0 unspecified atom stereocenters. The number of anilines is 1. The maximum absolute atomic E-state index is 11.5. The summed E-state index contributed by atoms with van der Waals surface area (Å²) in [7, 11) is 1.70. The Kier molecular flexibility index (Phi) is 4.05. The molecule has 4 amide bonds. The van der Waals surface area contributed by atoms with Crippen LogP contribution in [0.1, 0.15) is 0 Å². The van der Waals surface area contributed by atoms with Gasteiger partial charge in [0.15, 0.2) is 0 Å². The Labute approximate surface area is 113 Å². The van der Waals surface area contributed by atoms with Crippen molar-refractivity contribution < 1.29 is 14.4 Å². The zero-order chi connectivity index (χ0) is 13.8. The van der Waals surface area contributed by atoms with E-state index in [-0.39, 0.29) is 30.0 Å². The number of rotatable bonds is 4. The summed E-state index contributed by atoms with van der Waals surface area (Å²) in [5.41, 5.74) is 0. The lowest BCUT2D eigenvalue weighted by atomic mass is 10.5. The largest absolute Gasteiger partial charge is 0.336 e. The zero-order valence-corrected chi connectivity index (χ0v) is 11.1. The number of aromatic nitrogens is 2. The maximum atomic E-state index is 11.5. The molecular weight excluding hydrogens is 270 g/mol. The lowest BCUT2D eigenvalue weighted by molar-refractivity contribution is -0.124. The molecule has 9 heteroatoms. The molecule has 2 heterocycles. The van der Waals surface area contributed by atoms with E-state index in [9.17, 15) is 14.4 Å². The normalized spacial score (nSPS) is 14.9. The number of nitrogens with zero attached hydrogens (tertiary/aromatic N) is 3. The Balaban J connectivity index is 1.74. The predicted octanol–water partition coefficient (Wildman–Crippen LogP) is 0.237. The molecule has 19 heavy (non-hydrogen) atoms. The summed E-state index contributed by atoms with van der Waals surface area (Å²) in [6, 6.07) is 1.25. The van der Waals surface area contributed by atoms with E-state index >= 15 is 0 Å². The summed E-state index contributed by atoms with van der Waals surface area (Å²) >= 11 is 0.976. The van der Waals surface area contributed by atoms with Gasteiger partial charge in [0.05, 0.1) is 11.9 Å². The fourth-order valence-corrected chi connectivity index (χ4v) is 2.29. The summed E-state index contributed by atoms with van der Waals surface area (Å²) < 4.78 is 1.52. The van der Waals surface area contributed by atoms with Crippen LogP contribution < -0.4 is 10.6 Å². The second-order valence-electron chi connectivity index (χ2n) is 3.82. The first-order valence-corrected chi connectivity index (χ1v) is 6.56. The van der Waals surface area contributed by atoms with Gasteiger partial charge in [-0.15, -0.1) is 0 Å². The Morgan fingerprint density at radius 2 is 2.32 bits per heavy atom. The molecule has 0 aliphatic carbocycles. The molecule has 1 fully saturated rings. The Morgan fingerprint density at radius 1 is 1.53 bits per heavy atom. The number of aryl methyl sites for hydroxylation is 1. The van der Waals surface area contributed by atoms with E-state index in [1.165, 1.54) is 4.68 Å². The Bertz CT molecular complexity index is 499. The monoisotopic (exact) mass is 283 g/mol. The van der Waals surface area contributed by atoms with Gasteiger partial charge in [-0.1, -0.05) is 11.8 Å². The molecule has 1 saturated heterocycles. The number of hydrogen-bond donors (Lipinski definition) is 2. The molecule has 1 aliphatic heterocycles. The van der Waals surface area contributed by atoms with Crippen molar-refractivity contribution in [2.24, 2.45) is 7.05 Å². The molecule has 0 saturated carbocycles. The number of urea groups is 1. The van der Waals surface area contributed by atoms with Crippen molar-refractivity contribution in [2.45, 2.75) is 0 Å². The molecule has 0 spiro atoms. The lowest BCUT2D eigenvalue weighted by Crippen LogP contribution is -2.39. The Hall–Kier alpha value is -2.03.